The van der Waals surface area contributed by atoms with E-state index in [1.807, 2.05) is 36.4 Å². The first kappa shape index (κ1) is 37.2. The summed E-state index contributed by atoms with van der Waals surface area (Å²) in [6, 6.07) is 75.2. The van der Waals surface area contributed by atoms with Crippen LogP contribution in [0.2, 0.25) is 0 Å². The van der Waals surface area contributed by atoms with Crippen molar-refractivity contribution in [2.45, 2.75) is 20.8 Å². The van der Waals surface area contributed by atoms with Crippen LogP contribution in [0.25, 0.3) is 88.8 Å². The first-order chi connectivity index (χ1) is 28.9. The fraction of sp³-hybridized carbons (Fsp3) is 0.0526. The summed E-state index contributed by atoms with van der Waals surface area (Å²) in [5.41, 5.74) is 16.5. The van der Waals surface area contributed by atoms with Crippen molar-refractivity contribution in [2.24, 2.45) is 0 Å². The second-order valence-electron chi connectivity index (χ2n) is 15.2. The highest BCUT2D eigenvalue weighted by molar-refractivity contribution is 5.92. The van der Waals surface area contributed by atoms with E-state index in [9.17, 15) is 0 Å². The lowest BCUT2D eigenvalue weighted by Crippen LogP contribution is -1.95. The molecule has 0 amide bonds. The third-order valence-electron chi connectivity index (χ3n) is 11.1. The molecule has 0 aliphatic carbocycles. The van der Waals surface area contributed by atoms with Gasteiger partial charge in [-0.1, -0.05) is 188 Å². The van der Waals surface area contributed by atoms with Gasteiger partial charge in [0.25, 0.3) is 0 Å². The maximum absolute atomic E-state index is 5.02. The van der Waals surface area contributed by atoms with Crippen LogP contribution in [0.4, 0.5) is 0 Å². The number of benzene rings is 9. The molecule has 2 nitrogen and oxygen atoms in total. The highest BCUT2D eigenvalue weighted by atomic mass is 14.9. The molecule has 0 unspecified atom stereocenters. The summed E-state index contributed by atoms with van der Waals surface area (Å²) in [7, 11) is 0. The van der Waals surface area contributed by atoms with Crippen molar-refractivity contribution < 1.29 is 0 Å². The second kappa shape index (κ2) is 16.6. The average molecular weight is 757 g/mol. The molecular formula is C57H44N2. The molecule has 0 saturated heterocycles. The van der Waals surface area contributed by atoms with Crippen LogP contribution in [-0.2, 0) is 0 Å². The van der Waals surface area contributed by atoms with E-state index in [0.29, 0.717) is 0 Å². The zero-order valence-corrected chi connectivity index (χ0v) is 33.6. The summed E-state index contributed by atoms with van der Waals surface area (Å²) < 4.78 is 0. The predicted octanol–water partition coefficient (Wildman–Crippen LogP) is 15.4. The third-order valence-corrected chi connectivity index (χ3v) is 11.1. The minimum atomic E-state index is 0.726. The highest BCUT2D eigenvalue weighted by Crippen LogP contribution is 2.33. The minimum absolute atomic E-state index is 0.726. The number of fused-ring (bicyclic) bond motifs is 2. The number of rotatable bonds is 6. The van der Waals surface area contributed by atoms with Gasteiger partial charge in [0, 0.05) is 16.7 Å². The van der Waals surface area contributed by atoms with Gasteiger partial charge in [-0.25, -0.2) is 9.97 Å². The quantitative estimate of drug-likeness (QED) is 0.169. The smallest absolute Gasteiger partial charge is 0.160 e. The lowest BCUT2D eigenvalue weighted by molar-refractivity contribution is 1.18. The molecule has 0 saturated carbocycles. The lowest BCUT2D eigenvalue weighted by Gasteiger charge is -2.11. The number of hydrogen-bond donors (Lipinski definition) is 0. The van der Waals surface area contributed by atoms with Crippen molar-refractivity contribution >= 4 is 21.5 Å². The van der Waals surface area contributed by atoms with Gasteiger partial charge in [-0.2, -0.15) is 0 Å². The molecule has 0 spiro atoms. The van der Waals surface area contributed by atoms with Crippen LogP contribution < -0.4 is 0 Å². The highest BCUT2D eigenvalue weighted by Gasteiger charge is 2.12. The number of hydrogen-bond acceptors (Lipinski definition) is 2. The summed E-state index contributed by atoms with van der Waals surface area (Å²) in [5, 5.41) is 4.92. The van der Waals surface area contributed by atoms with Crippen molar-refractivity contribution in [1.82, 2.24) is 9.97 Å². The van der Waals surface area contributed by atoms with E-state index in [1.54, 1.807) is 0 Å². The molecular weight excluding hydrogens is 713 g/mol. The van der Waals surface area contributed by atoms with Gasteiger partial charge in [-0.05, 0) is 117 Å². The zero-order chi connectivity index (χ0) is 40.1. The molecule has 0 atom stereocenters. The Bertz CT molecular complexity index is 2970. The topological polar surface area (TPSA) is 25.8 Å². The maximum atomic E-state index is 5.02. The van der Waals surface area contributed by atoms with E-state index >= 15 is 0 Å². The Kier molecular flexibility index (Phi) is 10.5. The maximum Gasteiger partial charge on any atom is 0.160 e. The Morgan fingerprint density at radius 2 is 0.678 bits per heavy atom. The third kappa shape index (κ3) is 8.21. The monoisotopic (exact) mass is 756 g/mol. The van der Waals surface area contributed by atoms with Crippen LogP contribution in [-0.4, -0.2) is 9.97 Å². The van der Waals surface area contributed by atoms with Gasteiger partial charge in [0.15, 0.2) is 5.82 Å². The van der Waals surface area contributed by atoms with Crippen LogP contribution in [0.3, 0.4) is 0 Å². The van der Waals surface area contributed by atoms with Crippen LogP contribution in [0.15, 0.2) is 212 Å². The Hall–Kier alpha value is -7.42. The SMILES string of the molecule is Cc1ccc2cc(-c3cccc(-c4ccc5cc(-c6cc(-c7ccccc7)nc(-c7ccccc7)n6)ccc5c4)c3)ccc2c1.Cc1ccccc1-c1ccccc1C. The Labute approximate surface area is 347 Å². The molecule has 10 rings (SSSR count). The largest absolute Gasteiger partial charge is 0.228 e. The molecule has 10 aromatic rings. The first-order valence-corrected chi connectivity index (χ1v) is 20.2. The molecule has 0 fully saturated rings. The van der Waals surface area contributed by atoms with Crippen molar-refractivity contribution in [3.63, 3.8) is 0 Å². The van der Waals surface area contributed by atoms with Crippen molar-refractivity contribution in [1.29, 1.82) is 0 Å². The summed E-state index contributed by atoms with van der Waals surface area (Å²) in [5.74, 6) is 0.726. The van der Waals surface area contributed by atoms with Gasteiger partial charge in [0.2, 0.25) is 0 Å². The Balaban J connectivity index is 0.000000271. The van der Waals surface area contributed by atoms with Crippen molar-refractivity contribution in [2.75, 3.05) is 0 Å². The molecule has 59 heavy (non-hydrogen) atoms. The van der Waals surface area contributed by atoms with Gasteiger partial charge in [0.05, 0.1) is 11.4 Å². The Morgan fingerprint density at radius 1 is 0.271 bits per heavy atom. The molecule has 9 aromatic carbocycles. The van der Waals surface area contributed by atoms with Gasteiger partial charge < -0.3 is 0 Å². The van der Waals surface area contributed by atoms with E-state index in [4.69, 9.17) is 9.97 Å². The summed E-state index contributed by atoms with van der Waals surface area (Å²) >= 11 is 0. The summed E-state index contributed by atoms with van der Waals surface area (Å²) in [4.78, 5) is 9.96. The lowest BCUT2D eigenvalue weighted by atomic mass is 9.95. The van der Waals surface area contributed by atoms with E-state index in [0.717, 1.165) is 33.9 Å². The molecule has 0 aliphatic heterocycles. The Morgan fingerprint density at radius 3 is 1.24 bits per heavy atom. The van der Waals surface area contributed by atoms with Crippen LogP contribution >= 0.6 is 0 Å². The fourth-order valence-corrected chi connectivity index (χ4v) is 7.83. The molecule has 0 radical (unpaired) electrons. The molecule has 282 valence electrons. The first-order valence-electron chi connectivity index (χ1n) is 20.2. The summed E-state index contributed by atoms with van der Waals surface area (Å²) in [6.07, 6.45) is 0. The standard InChI is InChI=1S/C43H30N2.C14H14/c1-29-15-16-35-25-36(18-17-34(35)23-29)32-13-8-14-33(24-32)37-19-20-39-27-40(22-21-38(39)26-37)42-28-41(30-9-4-2-5-10-30)44-43(45-42)31-11-6-3-7-12-31;1-11-7-3-5-9-13(11)14-10-6-4-8-12(14)2/h2-28H,1H3;3-10H,1-2H3. The molecule has 2 heteroatoms. The van der Waals surface area contributed by atoms with Gasteiger partial charge in [-0.15, -0.1) is 0 Å². The molecule has 1 aromatic heterocycles. The van der Waals surface area contributed by atoms with E-state index < -0.39 is 0 Å². The fourth-order valence-electron chi connectivity index (χ4n) is 7.83. The van der Waals surface area contributed by atoms with Crippen molar-refractivity contribution in [3.8, 4) is 67.3 Å². The minimum Gasteiger partial charge on any atom is -0.228 e. The van der Waals surface area contributed by atoms with Gasteiger partial charge in [-0.3, -0.25) is 0 Å². The molecule has 0 aliphatic rings. The van der Waals surface area contributed by atoms with E-state index in [2.05, 4.69) is 197 Å². The van der Waals surface area contributed by atoms with E-state index in [-0.39, 0.29) is 0 Å². The molecule has 0 bridgehead atoms. The normalized spacial score (nSPS) is 11.0. The molecule has 0 N–H and O–H groups in total. The second-order valence-corrected chi connectivity index (χ2v) is 15.2. The molecule has 1 heterocycles. The van der Waals surface area contributed by atoms with Crippen LogP contribution in [0.1, 0.15) is 16.7 Å². The average Bonchev–Trinajstić information content (AvgIpc) is 3.29. The van der Waals surface area contributed by atoms with Gasteiger partial charge >= 0.3 is 0 Å². The zero-order valence-electron chi connectivity index (χ0n) is 33.6. The van der Waals surface area contributed by atoms with Gasteiger partial charge in [0.1, 0.15) is 0 Å². The van der Waals surface area contributed by atoms with E-state index in [1.165, 1.54) is 71.6 Å². The summed E-state index contributed by atoms with van der Waals surface area (Å²) in [6.45, 7) is 6.45. The van der Waals surface area contributed by atoms with Crippen molar-refractivity contribution in [3.05, 3.63) is 229 Å². The number of aryl methyl sites for hydroxylation is 3. The van der Waals surface area contributed by atoms with Crippen LogP contribution in [0.5, 0.6) is 0 Å². The number of aromatic nitrogens is 2. The van der Waals surface area contributed by atoms with Crippen LogP contribution in [0, 0.1) is 20.8 Å². The number of nitrogens with zero attached hydrogens (tertiary/aromatic N) is 2. The predicted molar refractivity (Wildman–Crippen MR) is 250 cm³/mol.